The van der Waals surface area contributed by atoms with Gasteiger partial charge in [-0.1, -0.05) is 17.7 Å². The smallest absolute Gasteiger partial charge is 0.306 e. The van der Waals surface area contributed by atoms with Gasteiger partial charge in [0.25, 0.3) is 5.91 Å². The van der Waals surface area contributed by atoms with E-state index in [1.165, 1.54) is 26.4 Å². The largest absolute Gasteiger partial charge is 0.493 e. The molecule has 0 radical (unpaired) electrons. The van der Waals surface area contributed by atoms with Crippen LogP contribution in [0.3, 0.4) is 0 Å². The number of aryl methyl sites for hydroxylation is 1. The van der Waals surface area contributed by atoms with Crippen LogP contribution >= 0.6 is 11.6 Å². The van der Waals surface area contributed by atoms with Gasteiger partial charge < -0.3 is 19.5 Å². The average Bonchev–Trinajstić information content (AvgIpc) is 2.67. The van der Waals surface area contributed by atoms with Crippen molar-refractivity contribution >= 4 is 29.2 Å². The number of halogens is 2. The van der Waals surface area contributed by atoms with Crippen molar-refractivity contribution in [3.05, 3.63) is 52.8 Å². The highest BCUT2D eigenvalue weighted by atomic mass is 35.5. The van der Waals surface area contributed by atoms with Crippen molar-refractivity contribution in [1.82, 2.24) is 0 Å². The summed E-state index contributed by atoms with van der Waals surface area (Å²) in [6, 6.07) is 9.08. The van der Waals surface area contributed by atoms with Crippen molar-refractivity contribution in [2.75, 3.05) is 26.1 Å². The zero-order valence-electron chi connectivity index (χ0n) is 14.9. The molecule has 0 aromatic heterocycles. The number of carbonyl (C=O) groups is 2. The standard InChI is InChI=1S/C19H19ClFNO5/c1-25-16-7-3-12(9-17(16)26-2)4-8-19(24)27-11-18(23)22-15-10-13(20)5-6-14(15)21/h3,5-7,9-10H,4,8,11H2,1-2H3,(H,22,23). The van der Waals surface area contributed by atoms with Crippen LogP contribution in [0.4, 0.5) is 10.1 Å². The third-order valence-electron chi connectivity index (χ3n) is 3.63. The van der Waals surface area contributed by atoms with Gasteiger partial charge in [0.1, 0.15) is 5.82 Å². The van der Waals surface area contributed by atoms with E-state index in [9.17, 15) is 14.0 Å². The van der Waals surface area contributed by atoms with Crippen LogP contribution in [0.1, 0.15) is 12.0 Å². The molecule has 1 N–H and O–H groups in total. The van der Waals surface area contributed by atoms with E-state index in [2.05, 4.69) is 5.32 Å². The Hall–Kier alpha value is -2.80. The molecule has 27 heavy (non-hydrogen) atoms. The number of benzene rings is 2. The van der Waals surface area contributed by atoms with E-state index in [1.807, 2.05) is 6.07 Å². The predicted octanol–water partition coefficient (Wildman–Crippen LogP) is 3.61. The molecule has 2 aromatic carbocycles. The summed E-state index contributed by atoms with van der Waals surface area (Å²) in [5.41, 5.74) is 0.781. The first kappa shape index (κ1) is 20.5. The molecular weight excluding hydrogens is 377 g/mol. The maximum atomic E-state index is 13.6. The van der Waals surface area contributed by atoms with Crippen LogP contribution < -0.4 is 14.8 Å². The summed E-state index contributed by atoms with van der Waals surface area (Å²) in [6.45, 7) is -0.517. The topological polar surface area (TPSA) is 73.9 Å². The molecule has 0 fully saturated rings. The number of amides is 1. The Morgan fingerprint density at radius 1 is 1.07 bits per heavy atom. The summed E-state index contributed by atoms with van der Waals surface area (Å²) >= 11 is 5.75. The number of hydrogen-bond donors (Lipinski definition) is 1. The molecule has 1 amide bonds. The first-order valence-electron chi connectivity index (χ1n) is 8.04. The minimum Gasteiger partial charge on any atom is -0.493 e. The number of nitrogens with one attached hydrogen (secondary N) is 1. The monoisotopic (exact) mass is 395 g/mol. The number of ether oxygens (including phenoxy) is 3. The molecule has 0 aliphatic rings. The van der Waals surface area contributed by atoms with Gasteiger partial charge in [0, 0.05) is 11.4 Å². The van der Waals surface area contributed by atoms with Gasteiger partial charge in [-0.25, -0.2) is 4.39 Å². The fourth-order valence-corrected chi connectivity index (χ4v) is 2.45. The van der Waals surface area contributed by atoms with Gasteiger partial charge in [-0.2, -0.15) is 0 Å². The van der Waals surface area contributed by atoms with Gasteiger partial charge in [-0.05, 0) is 42.3 Å². The molecule has 0 bridgehead atoms. The highest BCUT2D eigenvalue weighted by Crippen LogP contribution is 2.28. The normalized spacial score (nSPS) is 10.2. The summed E-state index contributed by atoms with van der Waals surface area (Å²) in [4.78, 5) is 23.6. The molecule has 0 aliphatic heterocycles. The van der Waals surface area contributed by atoms with E-state index in [1.54, 1.807) is 12.1 Å². The minimum atomic E-state index is -0.657. The molecule has 0 aliphatic carbocycles. The van der Waals surface area contributed by atoms with Crippen LogP contribution in [0.5, 0.6) is 11.5 Å². The van der Waals surface area contributed by atoms with Crippen LogP contribution in [0, 0.1) is 5.82 Å². The van der Waals surface area contributed by atoms with Gasteiger partial charge in [-0.3, -0.25) is 9.59 Å². The third kappa shape index (κ3) is 6.14. The van der Waals surface area contributed by atoms with Crippen molar-refractivity contribution in [2.24, 2.45) is 0 Å². The maximum absolute atomic E-state index is 13.6. The Kier molecular flexibility index (Phi) is 7.43. The van der Waals surface area contributed by atoms with Crippen LogP contribution in [0.25, 0.3) is 0 Å². The number of rotatable bonds is 8. The molecule has 0 heterocycles. The van der Waals surface area contributed by atoms with E-state index in [4.69, 9.17) is 25.8 Å². The molecule has 144 valence electrons. The predicted molar refractivity (Wildman–Crippen MR) is 98.9 cm³/mol. The molecule has 2 aromatic rings. The van der Waals surface area contributed by atoms with Crippen molar-refractivity contribution in [1.29, 1.82) is 0 Å². The van der Waals surface area contributed by atoms with Crippen LogP contribution in [-0.2, 0) is 20.7 Å². The van der Waals surface area contributed by atoms with Gasteiger partial charge in [0.15, 0.2) is 18.1 Å². The molecule has 2 rings (SSSR count). The van der Waals surface area contributed by atoms with Crippen molar-refractivity contribution in [3.63, 3.8) is 0 Å². The quantitative estimate of drug-likeness (QED) is 0.691. The van der Waals surface area contributed by atoms with E-state index >= 15 is 0 Å². The summed E-state index contributed by atoms with van der Waals surface area (Å²) < 4.78 is 28.8. The summed E-state index contributed by atoms with van der Waals surface area (Å²) in [5, 5.41) is 2.58. The van der Waals surface area contributed by atoms with Gasteiger partial charge in [-0.15, -0.1) is 0 Å². The van der Waals surface area contributed by atoms with Crippen LogP contribution in [0.15, 0.2) is 36.4 Å². The zero-order valence-corrected chi connectivity index (χ0v) is 15.6. The van der Waals surface area contributed by atoms with Gasteiger partial charge in [0.2, 0.25) is 0 Å². The Morgan fingerprint density at radius 2 is 1.81 bits per heavy atom. The fourth-order valence-electron chi connectivity index (χ4n) is 2.28. The van der Waals surface area contributed by atoms with Gasteiger partial charge in [0.05, 0.1) is 19.9 Å². The highest BCUT2D eigenvalue weighted by molar-refractivity contribution is 6.30. The fraction of sp³-hybridized carbons (Fsp3) is 0.263. The number of anilines is 1. The first-order chi connectivity index (χ1) is 12.9. The van der Waals surface area contributed by atoms with E-state index < -0.39 is 24.3 Å². The number of esters is 1. The first-order valence-corrected chi connectivity index (χ1v) is 8.42. The van der Waals surface area contributed by atoms with E-state index in [-0.39, 0.29) is 17.1 Å². The van der Waals surface area contributed by atoms with Crippen molar-refractivity contribution in [3.8, 4) is 11.5 Å². The number of carbonyl (C=O) groups excluding carboxylic acids is 2. The summed E-state index contributed by atoms with van der Waals surface area (Å²) in [6.07, 6.45) is 0.484. The molecular formula is C19H19ClFNO5. The Bertz CT molecular complexity index is 828. The number of methoxy groups -OCH3 is 2. The van der Waals surface area contributed by atoms with E-state index in [0.29, 0.717) is 17.9 Å². The molecule has 6 nitrogen and oxygen atoms in total. The number of hydrogen-bond acceptors (Lipinski definition) is 5. The second kappa shape index (κ2) is 9.78. The third-order valence-corrected chi connectivity index (χ3v) is 3.87. The zero-order chi connectivity index (χ0) is 19.8. The molecule has 0 unspecified atom stereocenters. The Labute approximate surface area is 161 Å². The SMILES string of the molecule is COc1ccc(CCC(=O)OCC(=O)Nc2cc(Cl)ccc2F)cc1OC. The maximum Gasteiger partial charge on any atom is 0.306 e. The molecule has 0 saturated carbocycles. The molecule has 0 saturated heterocycles. The van der Waals surface area contributed by atoms with Crippen molar-refractivity contribution in [2.45, 2.75) is 12.8 Å². The lowest BCUT2D eigenvalue weighted by Crippen LogP contribution is -2.21. The summed E-state index contributed by atoms with van der Waals surface area (Å²) in [7, 11) is 3.06. The van der Waals surface area contributed by atoms with E-state index in [0.717, 1.165) is 11.6 Å². The highest BCUT2D eigenvalue weighted by Gasteiger charge is 2.12. The lowest BCUT2D eigenvalue weighted by molar-refractivity contribution is -0.147. The average molecular weight is 396 g/mol. The van der Waals surface area contributed by atoms with Crippen LogP contribution in [-0.4, -0.2) is 32.7 Å². The molecule has 0 spiro atoms. The molecule has 8 heteroatoms. The minimum absolute atomic E-state index is 0.0751. The second-order valence-corrected chi connectivity index (χ2v) is 5.96. The van der Waals surface area contributed by atoms with Crippen LogP contribution in [0.2, 0.25) is 5.02 Å². The van der Waals surface area contributed by atoms with Crippen molar-refractivity contribution < 1.29 is 28.2 Å². The Balaban J connectivity index is 1.80. The van der Waals surface area contributed by atoms with Gasteiger partial charge >= 0.3 is 5.97 Å². The second-order valence-electron chi connectivity index (χ2n) is 5.52. The molecule has 0 atom stereocenters. The lowest BCUT2D eigenvalue weighted by atomic mass is 10.1. The Morgan fingerprint density at radius 3 is 2.52 bits per heavy atom. The summed E-state index contributed by atoms with van der Waals surface area (Å²) in [5.74, 6) is -0.685. The lowest BCUT2D eigenvalue weighted by Gasteiger charge is -2.10.